The van der Waals surface area contributed by atoms with Gasteiger partial charge in [0.25, 0.3) is 17.9 Å². The molecule has 12 nitrogen and oxygen atoms in total. The van der Waals surface area contributed by atoms with E-state index in [9.17, 15) is 35.6 Å². The van der Waals surface area contributed by atoms with Crippen LogP contribution >= 0.6 is 11.6 Å². The molecule has 3 aromatic heterocycles. The standard InChI is InChI=1S/C35H26ClF7N8O4S/c1-49-28-22(7-6-20(36)24(28)32(47-49)48-56(2,54)55)50-33(45-25-16(34(50)53)4-3-5-21(25)39)18(10-13-8-14(37)11-15(38)9-13)27(31(44)52)51-29-23(26(46-51)30(40)41)17-12-19(17)35(29,42)43/h3-9,11,17-19,27,30H,10,12H2,1-2H3,(H2,44,52)(H,47,48)/t17-,18-,19+,27?/m0/s1. The van der Waals surface area contributed by atoms with E-state index in [1.165, 1.54) is 31.3 Å². The van der Waals surface area contributed by atoms with Gasteiger partial charge < -0.3 is 5.73 Å². The summed E-state index contributed by atoms with van der Waals surface area (Å²) in [6.45, 7) is 0. The van der Waals surface area contributed by atoms with Crippen LogP contribution in [0, 0.1) is 23.4 Å². The fourth-order valence-electron chi connectivity index (χ4n) is 7.89. The first-order valence-corrected chi connectivity index (χ1v) is 18.9. The molecule has 0 aliphatic heterocycles. The third kappa shape index (κ3) is 5.87. The normalized spacial score (nSPS) is 18.3. The minimum atomic E-state index is -3.97. The van der Waals surface area contributed by atoms with Crippen molar-refractivity contribution in [1.82, 2.24) is 29.1 Å². The quantitative estimate of drug-likeness (QED) is 0.158. The van der Waals surface area contributed by atoms with Crippen molar-refractivity contribution in [2.45, 2.75) is 43.1 Å². The molecular weight excluding hydrogens is 797 g/mol. The van der Waals surface area contributed by atoms with E-state index < -0.39 is 110 Å². The Hall–Kier alpha value is -5.50. The van der Waals surface area contributed by atoms with Gasteiger partial charge in [-0.05, 0) is 60.7 Å². The number of carbonyl (C=O) groups is 1. The van der Waals surface area contributed by atoms with E-state index in [1.54, 1.807) is 0 Å². The number of hydrogen-bond acceptors (Lipinski definition) is 7. The van der Waals surface area contributed by atoms with Gasteiger partial charge >= 0.3 is 0 Å². The van der Waals surface area contributed by atoms with E-state index in [4.69, 9.17) is 17.3 Å². The van der Waals surface area contributed by atoms with Crippen LogP contribution in [0.1, 0.15) is 59.1 Å². The fourth-order valence-corrected chi connectivity index (χ4v) is 8.63. The molecule has 3 N–H and O–H groups in total. The number of nitrogens with one attached hydrogen (secondary N) is 1. The van der Waals surface area contributed by atoms with E-state index in [2.05, 4.69) is 19.9 Å². The number of aromatic nitrogens is 6. The summed E-state index contributed by atoms with van der Waals surface area (Å²) >= 11 is 6.54. The summed E-state index contributed by atoms with van der Waals surface area (Å²) in [6.07, 6.45) is -3.40. The zero-order chi connectivity index (χ0) is 40.3. The van der Waals surface area contributed by atoms with Gasteiger partial charge in [-0.1, -0.05) is 17.7 Å². The van der Waals surface area contributed by atoms with Gasteiger partial charge in [-0.25, -0.2) is 40.0 Å². The van der Waals surface area contributed by atoms with Crippen LogP contribution < -0.4 is 16.0 Å². The average Bonchev–Trinajstić information content (AvgIpc) is 3.62. The van der Waals surface area contributed by atoms with Crippen LogP contribution in [0.3, 0.4) is 0 Å². The predicted octanol–water partition coefficient (Wildman–Crippen LogP) is 6.11. The number of nitrogens with zero attached hydrogens (tertiary/aromatic N) is 6. The number of halogens is 8. The Bertz CT molecular complexity index is 2820. The summed E-state index contributed by atoms with van der Waals surface area (Å²) < 4.78 is 135. The van der Waals surface area contributed by atoms with Crippen molar-refractivity contribution >= 4 is 55.2 Å². The van der Waals surface area contributed by atoms with E-state index in [0.717, 1.165) is 33.7 Å². The number of alkyl halides is 4. The molecule has 0 saturated heterocycles. The number of amides is 1. The van der Waals surface area contributed by atoms with Crippen LogP contribution in [-0.2, 0) is 34.2 Å². The second-order valence-electron chi connectivity index (χ2n) is 13.8. The largest absolute Gasteiger partial charge is 0.368 e. The summed E-state index contributed by atoms with van der Waals surface area (Å²) in [5, 5.41) is 7.57. The van der Waals surface area contributed by atoms with Gasteiger partial charge in [0.1, 0.15) is 46.2 Å². The lowest BCUT2D eigenvalue weighted by Gasteiger charge is -2.30. The van der Waals surface area contributed by atoms with Crippen molar-refractivity contribution in [3.63, 3.8) is 0 Å². The van der Waals surface area contributed by atoms with Gasteiger partial charge in [0.05, 0.1) is 39.2 Å². The highest BCUT2D eigenvalue weighted by Gasteiger charge is 2.67. The number of rotatable bonds is 10. The summed E-state index contributed by atoms with van der Waals surface area (Å²) in [5.41, 5.74) is 1.36. The topological polar surface area (TPSA) is 160 Å². The van der Waals surface area contributed by atoms with Crippen molar-refractivity contribution in [2.24, 2.45) is 18.7 Å². The van der Waals surface area contributed by atoms with Gasteiger partial charge in [0, 0.05) is 24.6 Å². The Balaban J connectivity index is 1.49. The number of fused-ring (bicyclic) bond motifs is 5. The molecule has 3 heterocycles. The minimum absolute atomic E-state index is 0.0395. The second kappa shape index (κ2) is 12.8. The van der Waals surface area contributed by atoms with Gasteiger partial charge in [0.15, 0.2) is 5.82 Å². The molecule has 2 aliphatic carbocycles. The zero-order valence-electron chi connectivity index (χ0n) is 28.7. The van der Waals surface area contributed by atoms with Crippen LogP contribution in [0.4, 0.5) is 36.6 Å². The van der Waals surface area contributed by atoms with Crippen LogP contribution in [0.15, 0.2) is 53.3 Å². The molecule has 21 heteroatoms. The molecule has 4 atom stereocenters. The predicted molar refractivity (Wildman–Crippen MR) is 188 cm³/mol. The molecule has 6 aromatic rings. The van der Waals surface area contributed by atoms with Gasteiger partial charge in [-0.2, -0.15) is 19.0 Å². The van der Waals surface area contributed by atoms with Crippen LogP contribution in [0.2, 0.25) is 5.02 Å². The Labute approximate surface area is 315 Å². The van der Waals surface area contributed by atoms with Crippen molar-refractivity contribution in [1.29, 1.82) is 0 Å². The van der Waals surface area contributed by atoms with Crippen molar-refractivity contribution in [2.75, 3.05) is 11.0 Å². The first-order valence-electron chi connectivity index (χ1n) is 16.7. The molecule has 1 saturated carbocycles. The van der Waals surface area contributed by atoms with Crippen LogP contribution in [0.25, 0.3) is 27.5 Å². The molecule has 0 radical (unpaired) electrons. The second-order valence-corrected chi connectivity index (χ2v) is 15.9. The van der Waals surface area contributed by atoms with E-state index in [-0.39, 0.29) is 44.8 Å². The molecule has 0 bridgehead atoms. The third-order valence-corrected chi connectivity index (χ3v) is 11.0. The molecule has 3 aromatic carbocycles. The zero-order valence-corrected chi connectivity index (χ0v) is 30.3. The fraction of sp³-hybridized carbons (Fsp3) is 0.286. The number of hydrogen-bond donors (Lipinski definition) is 2. The Morgan fingerprint density at radius 2 is 1.79 bits per heavy atom. The number of primary amides is 1. The van der Waals surface area contributed by atoms with E-state index >= 15 is 13.2 Å². The van der Waals surface area contributed by atoms with Gasteiger partial charge in [0.2, 0.25) is 15.9 Å². The molecule has 56 heavy (non-hydrogen) atoms. The maximum Gasteiger partial charge on any atom is 0.293 e. The number of anilines is 1. The molecule has 0 spiro atoms. The molecular formula is C35H26ClF7N8O4S. The lowest BCUT2D eigenvalue weighted by molar-refractivity contribution is -0.122. The summed E-state index contributed by atoms with van der Waals surface area (Å²) in [4.78, 5) is 32.9. The molecule has 2 aliphatic rings. The van der Waals surface area contributed by atoms with Crippen molar-refractivity contribution < 1.29 is 43.9 Å². The number of benzene rings is 3. The van der Waals surface area contributed by atoms with E-state index in [0.29, 0.717) is 10.7 Å². The van der Waals surface area contributed by atoms with Crippen LogP contribution in [-0.4, -0.2) is 49.7 Å². The lowest BCUT2D eigenvalue weighted by atomic mass is 9.89. The summed E-state index contributed by atoms with van der Waals surface area (Å²) in [5.74, 6) is -13.7. The van der Waals surface area contributed by atoms with Crippen LogP contribution in [0.5, 0.6) is 0 Å². The number of carbonyl (C=O) groups excluding carboxylic acids is 1. The number of sulfonamides is 1. The molecule has 8 rings (SSSR count). The monoisotopic (exact) mass is 822 g/mol. The maximum atomic E-state index is 16.0. The Morgan fingerprint density at radius 1 is 1.09 bits per heavy atom. The molecule has 292 valence electrons. The SMILES string of the molecule is Cn1nc(NS(C)(=O)=O)c2c(Cl)ccc(-n3c([C@@H](Cc4cc(F)cc(F)c4)C(C(N)=O)n4nc(C(F)F)c5c4C(F)(F)[C@@H]4C[C@H]54)nc4c(F)cccc4c3=O)c21. The van der Waals surface area contributed by atoms with Crippen molar-refractivity contribution in [3.05, 3.63) is 110 Å². The summed E-state index contributed by atoms with van der Waals surface area (Å²) in [6, 6.07) is 5.87. The van der Waals surface area contributed by atoms with Gasteiger partial charge in [-0.15, -0.1) is 0 Å². The highest BCUT2D eigenvalue weighted by atomic mass is 35.5. The first kappa shape index (κ1) is 37.4. The summed E-state index contributed by atoms with van der Waals surface area (Å²) in [7, 11) is -2.61. The molecule has 1 unspecified atom stereocenters. The Kier molecular flexibility index (Phi) is 8.53. The first-order chi connectivity index (χ1) is 26.3. The molecule has 1 amide bonds. The van der Waals surface area contributed by atoms with E-state index in [1.807, 2.05) is 0 Å². The average molecular weight is 823 g/mol. The van der Waals surface area contributed by atoms with Gasteiger partial charge in [-0.3, -0.25) is 23.6 Å². The van der Waals surface area contributed by atoms with Crippen molar-refractivity contribution in [3.8, 4) is 5.69 Å². The minimum Gasteiger partial charge on any atom is -0.368 e. The highest BCUT2D eigenvalue weighted by Crippen LogP contribution is 2.68. The number of para-hydroxylation sites is 1. The number of nitrogens with two attached hydrogens (primary N) is 1. The number of aryl methyl sites for hydroxylation is 1. The molecule has 1 fully saturated rings. The third-order valence-electron chi connectivity index (χ3n) is 10.1. The highest BCUT2D eigenvalue weighted by molar-refractivity contribution is 7.92. The maximum absolute atomic E-state index is 16.0. The Morgan fingerprint density at radius 3 is 2.43 bits per heavy atom. The smallest absolute Gasteiger partial charge is 0.293 e. The lowest BCUT2D eigenvalue weighted by Crippen LogP contribution is -2.39.